The van der Waals surface area contributed by atoms with Gasteiger partial charge >= 0.3 is 0 Å². The fourth-order valence-electron chi connectivity index (χ4n) is 1.75. The van der Waals surface area contributed by atoms with E-state index in [0.717, 1.165) is 29.9 Å². The Bertz CT molecular complexity index is 530. The molecule has 0 spiro atoms. The van der Waals surface area contributed by atoms with Gasteiger partial charge < -0.3 is 9.72 Å². The third-order valence-corrected chi connectivity index (χ3v) is 2.61. The topological polar surface area (TPSA) is 46.4 Å². The van der Waals surface area contributed by atoms with Gasteiger partial charge in [0.2, 0.25) is 5.91 Å². The largest absolute Gasteiger partial charge is 0.325 e. The first kappa shape index (κ1) is 11.6. The SMILES string of the molecule is CCCCC(=O)Nc1ccc2nc(C)cn2c1. The van der Waals surface area contributed by atoms with Crippen molar-refractivity contribution in [1.29, 1.82) is 0 Å². The second-order valence-corrected chi connectivity index (χ2v) is 4.22. The zero-order chi connectivity index (χ0) is 12.3. The van der Waals surface area contributed by atoms with Crippen LogP contribution < -0.4 is 5.32 Å². The lowest BCUT2D eigenvalue weighted by molar-refractivity contribution is -0.116. The quantitative estimate of drug-likeness (QED) is 0.879. The van der Waals surface area contributed by atoms with Crippen LogP contribution in [0.3, 0.4) is 0 Å². The molecule has 1 amide bonds. The first-order valence-corrected chi connectivity index (χ1v) is 5.94. The standard InChI is InChI=1S/C13H17N3O/c1-3-4-5-13(17)15-11-6-7-12-14-10(2)8-16(12)9-11/h6-9H,3-5H2,1-2H3,(H,15,17). The van der Waals surface area contributed by atoms with E-state index in [9.17, 15) is 4.79 Å². The van der Waals surface area contributed by atoms with Crippen molar-refractivity contribution in [2.24, 2.45) is 0 Å². The number of pyridine rings is 1. The van der Waals surface area contributed by atoms with Gasteiger partial charge in [-0.05, 0) is 25.5 Å². The Labute approximate surface area is 101 Å². The van der Waals surface area contributed by atoms with Gasteiger partial charge in [-0.15, -0.1) is 0 Å². The number of fused-ring (bicyclic) bond motifs is 1. The van der Waals surface area contributed by atoms with E-state index >= 15 is 0 Å². The highest BCUT2D eigenvalue weighted by atomic mass is 16.1. The van der Waals surface area contributed by atoms with Crippen LogP contribution in [0.5, 0.6) is 0 Å². The Hall–Kier alpha value is -1.84. The van der Waals surface area contributed by atoms with Crippen molar-refractivity contribution in [3.63, 3.8) is 0 Å². The average molecular weight is 231 g/mol. The van der Waals surface area contributed by atoms with Crippen molar-refractivity contribution in [3.8, 4) is 0 Å². The number of nitrogens with one attached hydrogen (secondary N) is 1. The Morgan fingerprint density at radius 2 is 2.24 bits per heavy atom. The Morgan fingerprint density at radius 3 is 3.00 bits per heavy atom. The zero-order valence-corrected chi connectivity index (χ0v) is 10.2. The molecule has 0 saturated carbocycles. The molecule has 0 fully saturated rings. The van der Waals surface area contributed by atoms with Crippen LogP contribution >= 0.6 is 0 Å². The molecule has 0 saturated heterocycles. The van der Waals surface area contributed by atoms with E-state index in [4.69, 9.17) is 0 Å². The van der Waals surface area contributed by atoms with Crippen LogP contribution in [0.4, 0.5) is 5.69 Å². The summed E-state index contributed by atoms with van der Waals surface area (Å²) in [5.41, 5.74) is 2.68. The first-order valence-electron chi connectivity index (χ1n) is 5.94. The Balaban J connectivity index is 2.10. The van der Waals surface area contributed by atoms with Crippen LogP contribution in [-0.4, -0.2) is 15.3 Å². The molecule has 2 aromatic heterocycles. The van der Waals surface area contributed by atoms with Gasteiger partial charge in [-0.1, -0.05) is 13.3 Å². The molecule has 4 heteroatoms. The van der Waals surface area contributed by atoms with Crippen LogP contribution in [0.25, 0.3) is 5.65 Å². The third-order valence-electron chi connectivity index (χ3n) is 2.61. The molecule has 2 aromatic rings. The van der Waals surface area contributed by atoms with Gasteiger partial charge in [0, 0.05) is 18.8 Å². The van der Waals surface area contributed by atoms with E-state index in [1.165, 1.54) is 0 Å². The van der Waals surface area contributed by atoms with E-state index in [1.54, 1.807) is 0 Å². The molecule has 0 aromatic carbocycles. The molecule has 0 aliphatic rings. The normalized spacial score (nSPS) is 10.7. The van der Waals surface area contributed by atoms with Gasteiger partial charge in [0.15, 0.2) is 0 Å². The molecule has 17 heavy (non-hydrogen) atoms. The summed E-state index contributed by atoms with van der Waals surface area (Å²) in [7, 11) is 0. The van der Waals surface area contributed by atoms with Crippen LogP contribution in [-0.2, 0) is 4.79 Å². The van der Waals surface area contributed by atoms with E-state index in [2.05, 4.69) is 17.2 Å². The number of amides is 1. The second kappa shape index (κ2) is 4.99. The molecule has 0 aliphatic heterocycles. The van der Waals surface area contributed by atoms with E-state index in [1.807, 2.05) is 35.9 Å². The minimum Gasteiger partial charge on any atom is -0.325 e. The molecule has 90 valence electrons. The number of hydrogen-bond donors (Lipinski definition) is 1. The highest BCUT2D eigenvalue weighted by Crippen LogP contribution is 2.12. The number of nitrogens with zero attached hydrogens (tertiary/aromatic N) is 2. The van der Waals surface area contributed by atoms with Crippen LogP contribution in [0, 0.1) is 6.92 Å². The first-order chi connectivity index (χ1) is 8.19. The smallest absolute Gasteiger partial charge is 0.224 e. The molecular formula is C13H17N3O. The van der Waals surface area contributed by atoms with Crippen molar-refractivity contribution >= 4 is 17.2 Å². The summed E-state index contributed by atoms with van der Waals surface area (Å²) in [6.45, 7) is 4.03. The number of imidazole rings is 1. The van der Waals surface area contributed by atoms with Gasteiger partial charge in [-0.2, -0.15) is 0 Å². The fraction of sp³-hybridized carbons (Fsp3) is 0.385. The molecule has 1 N–H and O–H groups in total. The number of aryl methyl sites for hydroxylation is 1. The van der Waals surface area contributed by atoms with Gasteiger partial charge in [-0.25, -0.2) is 4.98 Å². The molecule has 4 nitrogen and oxygen atoms in total. The fourth-order valence-corrected chi connectivity index (χ4v) is 1.75. The molecule has 0 radical (unpaired) electrons. The maximum absolute atomic E-state index is 11.6. The molecule has 0 aliphatic carbocycles. The lowest BCUT2D eigenvalue weighted by atomic mass is 10.2. The van der Waals surface area contributed by atoms with Crippen LogP contribution in [0.2, 0.25) is 0 Å². The van der Waals surface area contributed by atoms with Crippen molar-refractivity contribution in [1.82, 2.24) is 9.38 Å². The number of carbonyl (C=O) groups is 1. The molecule has 0 unspecified atom stereocenters. The Morgan fingerprint density at radius 1 is 1.41 bits per heavy atom. The lowest BCUT2D eigenvalue weighted by Crippen LogP contribution is -2.11. The number of anilines is 1. The summed E-state index contributed by atoms with van der Waals surface area (Å²) in [4.78, 5) is 15.9. The van der Waals surface area contributed by atoms with Crippen molar-refractivity contribution in [2.75, 3.05) is 5.32 Å². The maximum atomic E-state index is 11.6. The minimum absolute atomic E-state index is 0.0723. The van der Waals surface area contributed by atoms with Crippen molar-refractivity contribution < 1.29 is 4.79 Å². The molecule has 0 bridgehead atoms. The monoisotopic (exact) mass is 231 g/mol. The second-order valence-electron chi connectivity index (χ2n) is 4.22. The van der Waals surface area contributed by atoms with E-state index < -0.39 is 0 Å². The van der Waals surface area contributed by atoms with Crippen molar-refractivity contribution in [2.45, 2.75) is 33.1 Å². The average Bonchev–Trinajstić information content (AvgIpc) is 2.65. The van der Waals surface area contributed by atoms with E-state index in [0.29, 0.717) is 6.42 Å². The van der Waals surface area contributed by atoms with Crippen LogP contribution in [0.1, 0.15) is 31.9 Å². The molecule has 0 atom stereocenters. The van der Waals surface area contributed by atoms with Gasteiger partial charge in [-0.3, -0.25) is 4.79 Å². The van der Waals surface area contributed by atoms with Gasteiger partial charge in [0.05, 0.1) is 11.4 Å². The van der Waals surface area contributed by atoms with Crippen LogP contribution in [0.15, 0.2) is 24.5 Å². The highest BCUT2D eigenvalue weighted by molar-refractivity contribution is 5.90. The molecule has 2 rings (SSSR count). The number of hydrogen-bond acceptors (Lipinski definition) is 2. The summed E-state index contributed by atoms with van der Waals surface area (Å²) in [5.74, 6) is 0.0723. The number of unbranched alkanes of at least 4 members (excludes halogenated alkanes) is 1. The number of carbonyl (C=O) groups excluding carboxylic acids is 1. The predicted molar refractivity (Wildman–Crippen MR) is 68.1 cm³/mol. The van der Waals surface area contributed by atoms with Gasteiger partial charge in [0.1, 0.15) is 5.65 Å². The van der Waals surface area contributed by atoms with Gasteiger partial charge in [0.25, 0.3) is 0 Å². The number of rotatable bonds is 4. The Kier molecular flexibility index (Phi) is 3.42. The summed E-state index contributed by atoms with van der Waals surface area (Å²) in [6.07, 6.45) is 6.37. The predicted octanol–water partition coefficient (Wildman–Crippen LogP) is 2.77. The molecule has 2 heterocycles. The summed E-state index contributed by atoms with van der Waals surface area (Å²) >= 11 is 0. The minimum atomic E-state index is 0.0723. The zero-order valence-electron chi connectivity index (χ0n) is 10.2. The van der Waals surface area contributed by atoms with E-state index in [-0.39, 0.29) is 5.91 Å². The van der Waals surface area contributed by atoms with Crippen molar-refractivity contribution in [3.05, 3.63) is 30.2 Å². The highest BCUT2D eigenvalue weighted by Gasteiger charge is 2.03. The summed E-state index contributed by atoms with van der Waals surface area (Å²) in [5, 5.41) is 2.89. The summed E-state index contributed by atoms with van der Waals surface area (Å²) in [6, 6.07) is 3.79. The number of aromatic nitrogens is 2. The lowest BCUT2D eigenvalue weighted by Gasteiger charge is -2.05. The molecular weight excluding hydrogens is 214 g/mol. The maximum Gasteiger partial charge on any atom is 0.224 e. The third kappa shape index (κ3) is 2.84. The summed E-state index contributed by atoms with van der Waals surface area (Å²) < 4.78 is 1.92.